The Labute approximate surface area is 73.2 Å². The first-order valence-electron chi connectivity index (χ1n) is 4.62. The number of amides is 1. The molecule has 70 valence electrons. The lowest BCUT2D eigenvalue weighted by Crippen LogP contribution is -2.37. The summed E-state index contributed by atoms with van der Waals surface area (Å²) in [5.74, 6) is 0.557. The third-order valence-electron chi connectivity index (χ3n) is 2.40. The molecule has 1 aliphatic heterocycles. The van der Waals surface area contributed by atoms with Crippen LogP contribution in [0.1, 0.15) is 26.2 Å². The summed E-state index contributed by atoms with van der Waals surface area (Å²) in [6, 6.07) is 0. The quantitative estimate of drug-likeness (QED) is 0.650. The van der Waals surface area contributed by atoms with Crippen LogP contribution in [0.25, 0.3) is 0 Å². The number of piperidine rings is 1. The molecule has 0 bridgehead atoms. The van der Waals surface area contributed by atoms with Crippen LogP contribution in [0.3, 0.4) is 0 Å². The lowest BCUT2D eigenvalue weighted by Gasteiger charge is -2.23. The largest absolute Gasteiger partial charge is 0.396 e. The van der Waals surface area contributed by atoms with E-state index in [2.05, 4.69) is 5.32 Å². The minimum absolute atomic E-state index is 0.140. The number of rotatable bonds is 3. The van der Waals surface area contributed by atoms with E-state index < -0.39 is 0 Å². The van der Waals surface area contributed by atoms with Gasteiger partial charge in [-0.3, -0.25) is 4.79 Å². The zero-order valence-corrected chi connectivity index (χ0v) is 7.55. The molecule has 0 radical (unpaired) electrons. The van der Waals surface area contributed by atoms with Crippen LogP contribution in [0.5, 0.6) is 0 Å². The smallest absolute Gasteiger partial charge is 0.223 e. The molecule has 1 rings (SSSR count). The molecule has 2 N–H and O–H groups in total. The van der Waals surface area contributed by atoms with Gasteiger partial charge in [0.15, 0.2) is 0 Å². The lowest BCUT2D eigenvalue weighted by molar-refractivity contribution is -0.127. The van der Waals surface area contributed by atoms with Gasteiger partial charge in [0.2, 0.25) is 5.91 Å². The zero-order chi connectivity index (χ0) is 8.97. The van der Waals surface area contributed by atoms with Crippen molar-refractivity contribution in [2.75, 3.05) is 13.2 Å². The number of carbonyl (C=O) groups is 1. The van der Waals surface area contributed by atoms with Gasteiger partial charge in [-0.15, -0.1) is 0 Å². The minimum atomic E-state index is 0.140. The van der Waals surface area contributed by atoms with Crippen LogP contribution in [0, 0.1) is 11.8 Å². The first kappa shape index (κ1) is 9.52. The van der Waals surface area contributed by atoms with E-state index in [1.807, 2.05) is 6.92 Å². The van der Waals surface area contributed by atoms with E-state index in [0.717, 1.165) is 25.8 Å². The zero-order valence-electron chi connectivity index (χ0n) is 7.55. The highest BCUT2D eigenvalue weighted by molar-refractivity contribution is 5.79. The average molecular weight is 171 g/mol. The Morgan fingerprint density at radius 3 is 3.08 bits per heavy atom. The van der Waals surface area contributed by atoms with Crippen LogP contribution in [0.4, 0.5) is 0 Å². The number of hydrogen-bond donors (Lipinski definition) is 2. The van der Waals surface area contributed by atoms with Crippen molar-refractivity contribution in [3.05, 3.63) is 0 Å². The SMILES string of the molecule is CC(CO)CC1CCCNC1=O. The van der Waals surface area contributed by atoms with Gasteiger partial charge >= 0.3 is 0 Å². The number of carbonyl (C=O) groups excluding carboxylic acids is 1. The Balaban J connectivity index is 2.34. The normalized spacial score (nSPS) is 26.5. The van der Waals surface area contributed by atoms with E-state index in [1.54, 1.807) is 0 Å². The fourth-order valence-corrected chi connectivity index (χ4v) is 1.62. The van der Waals surface area contributed by atoms with Crippen LogP contribution in [-0.4, -0.2) is 24.2 Å². The second-order valence-electron chi connectivity index (χ2n) is 3.65. The van der Waals surface area contributed by atoms with Crippen molar-refractivity contribution in [2.45, 2.75) is 26.2 Å². The van der Waals surface area contributed by atoms with Crippen molar-refractivity contribution in [2.24, 2.45) is 11.8 Å². The molecular weight excluding hydrogens is 154 g/mol. The molecule has 1 aliphatic rings. The molecule has 0 spiro atoms. The molecule has 1 heterocycles. The Bertz CT molecular complexity index is 159. The molecule has 3 nitrogen and oxygen atoms in total. The fraction of sp³-hybridized carbons (Fsp3) is 0.889. The van der Waals surface area contributed by atoms with E-state index >= 15 is 0 Å². The van der Waals surface area contributed by atoms with Gasteiger partial charge in [-0.05, 0) is 25.2 Å². The highest BCUT2D eigenvalue weighted by Crippen LogP contribution is 2.19. The molecule has 1 amide bonds. The monoisotopic (exact) mass is 171 g/mol. The van der Waals surface area contributed by atoms with Gasteiger partial charge in [-0.25, -0.2) is 0 Å². The van der Waals surface area contributed by atoms with Crippen molar-refractivity contribution >= 4 is 5.91 Å². The third-order valence-corrected chi connectivity index (χ3v) is 2.40. The Morgan fingerprint density at radius 2 is 2.50 bits per heavy atom. The van der Waals surface area contributed by atoms with Crippen LogP contribution in [0.2, 0.25) is 0 Å². The molecule has 2 atom stereocenters. The second-order valence-corrected chi connectivity index (χ2v) is 3.65. The molecule has 0 aromatic carbocycles. The highest BCUT2D eigenvalue weighted by atomic mass is 16.3. The van der Waals surface area contributed by atoms with E-state index in [0.29, 0.717) is 0 Å². The summed E-state index contributed by atoms with van der Waals surface area (Å²) in [6.45, 7) is 2.98. The van der Waals surface area contributed by atoms with E-state index in [1.165, 1.54) is 0 Å². The summed E-state index contributed by atoms with van der Waals surface area (Å²) >= 11 is 0. The molecule has 0 aromatic rings. The van der Waals surface area contributed by atoms with Gasteiger partial charge in [0, 0.05) is 19.1 Å². The van der Waals surface area contributed by atoms with Gasteiger partial charge in [0.1, 0.15) is 0 Å². The first-order valence-corrected chi connectivity index (χ1v) is 4.62. The molecular formula is C9H17NO2. The summed E-state index contributed by atoms with van der Waals surface area (Å²) in [6.07, 6.45) is 2.88. The summed E-state index contributed by atoms with van der Waals surface area (Å²) in [7, 11) is 0. The predicted molar refractivity (Wildman–Crippen MR) is 46.6 cm³/mol. The fourth-order valence-electron chi connectivity index (χ4n) is 1.62. The first-order chi connectivity index (χ1) is 5.74. The molecule has 12 heavy (non-hydrogen) atoms. The van der Waals surface area contributed by atoms with E-state index in [-0.39, 0.29) is 24.3 Å². The van der Waals surface area contributed by atoms with Crippen molar-refractivity contribution in [3.63, 3.8) is 0 Å². The number of aliphatic hydroxyl groups is 1. The van der Waals surface area contributed by atoms with Gasteiger partial charge in [-0.1, -0.05) is 6.92 Å². The molecule has 0 saturated carbocycles. The van der Waals surface area contributed by atoms with Crippen LogP contribution < -0.4 is 5.32 Å². The van der Waals surface area contributed by atoms with Crippen LogP contribution >= 0.6 is 0 Å². The van der Waals surface area contributed by atoms with Gasteiger partial charge in [0.05, 0.1) is 0 Å². The number of nitrogens with one attached hydrogen (secondary N) is 1. The topological polar surface area (TPSA) is 49.3 Å². The minimum Gasteiger partial charge on any atom is -0.396 e. The maximum absolute atomic E-state index is 11.3. The van der Waals surface area contributed by atoms with Gasteiger partial charge in [-0.2, -0.15) is 0 Å². The number of hydrogen-bond acceptors (Lipinski definition) is 2. The van der Waals surface area contributed by atoms with Crippen molar-refractivity contribution in [1.82, 2.24) is 5.32 Å². The molecule has 3 heteroatoms. The van der Waals surface area contributed by atoms with Crippen molar-refractivity contribution in [3.8, 4) is 0 Å². The standard InChI is InChI=1S/C9H17NO2/c1-7(6-11)5-8-3-2-4-10-9(8)12/h7-8,11H,2-6H2,1H3,(H,10,12). The third kappa shape index (κ3) is 2.48. The summed E-state index contributed by atoms with van der Waals surface area (Å²) < 4.78 is 0. The molecule has 2 unspecified atom stereocenters. The highest BCUT2D eigenvalue weighted by Gasteiger charge is 2.23. The van der Waals surface area contributed by atoms with Crippen LogP contribution in [-0.2, 0) is 4.79 Å². The maximum atomic E-state index is 11.3. The van der Waals surface area contributed by atoms with Gasteiger partial charge < -0.3 is 10.4 Å². The average Bonchev–Trinajstić information content (AvgIpc) is 2.09. The Morgan fingerprint density at radius 1 is 1.75 bits per heavy atom. The van der Waals surface area contributed by atoms with Gasteiger partial charge in [0.25, 0.3) is 0 Å². The molecule has 0 aromatic heterocycles. The predicted octanol–water partition coefficient (Wildman–Crippen LogP) is 0.531. The van der Waals surface area contributed by atoms with Crippen molar-refractivity contribution in [1.29, 1.82) is 0 Å². The summed E-state index contributed by atoms with van der Waals surface area (Å²) in [5, 5.41) is 11.7. The van der Waals surface area contributed by atoms with E-state index in [4.69, 9.17) is 5.11 Å². The maximum Gasteiger partial charge on any atom is 0.223 e. The lowest BCUT2D eigenvalue weighted by atomic mass is 9.89. The Hall–Kier alpha value is -0.570. The molecule has 1 saturated heterocycles. The number of aliphatic hydroxyl groups excluding tert-OH is 1. The molecule has 0 aliphatic carbocycles. The second kappa shape index (κ2) is 4.45. The summed E-state index contributed by atoms with van der Waals surface area (Å²) in [4.78, 5) is 11.3. The Kier molecular flexibility index (Phi) is 3.53. The molecule has 1 fully saturated rings. The van der Waals surface area contributed by atoms with Crippen LogP contribution in [0.15, 0.2) is 0 Å². The van der Waals surface area contributed by atoms with E-state index in [9.17, 15) is 4.79 Å². The summed E-state index contributed by atoms with van der Waals surface area (Å²) in [5.41, 5.74) is 0. The van der Waals surface area contributed by atoms with Crippen molar-refractivity contribution < 1.29 is 9.90 Å².